The Morgan fingerprint density at radius 1 is 1.10 bits per heavy atom. The summed E-state index contributed by atoms with van der Waals surface area (Å²) in [5.41, 5.74) is 6.43. The number of likely N-dealkylation sites (N-methyl/N-ethyl adjacent to an activating group) is 1. The van der Waals surface area contributed by atoms with Crippen molar-refractivity contribution in [2.24, 2.45) is 0 Å². The Balaban J connectivity index is 1.59. The standard InChI is InChI=1S/C23H28N4O2/c1-6-18-7-9-19(10-8-18)23-25-21(29-26-23)14-27(5)13-20(28)24-22-16(3)11-15(2)12-17(22)4/h7-12H,6,13-14H2,1-5H3,(H,24,28)/p+1. The fraction of sp³-hybridized carbons (Fsp3) is 0.348. The van der Waals surface area contributed by atoms with Crippen molar-refractivity contribution in [2.75, 3.05) is 18.9 Å². The number of quaternary nitrogens is 1. The van der Waals surface area contributed by atoms with Crippen LogP contribution in [0.3, 0.4) is 0 Å². The Hall–Kier alpha value is -2.99. The van der Waals surface area contributed by atoms with Crippen LogP contribution in [0, 0.1) is 20.8 Å². The summed E-state index contributed by atoms with van der Waals surface area (Å²) in [5, 5.41) is 7.11. The van der Waals surface area contributed by atoms with E-state index in [1.165, 1.54) is 11.1 Å². The average Bonchev–Trinajstić information content (AvgIpc) is 3.13. The van der Waals surface area contributed by atoms with E-state index in [4.69, 9.17) is 4.52 Å². The minimum atomic E-state index is -0.0348. The molecule has 0 spiro atoms. The minimum Gasteiger partial charge on any atom is -0.333 e. The summed E-state index contributed by atoms with van der Waals surface area (Å²) in [6.07, 6.45) is 0.996. The summed E-state index contributed by atoms with van der Waals surface area (Å²) in [6.45, 7) is 9.01. The fourth-order valence-corrected chi connectivity index (χ4v) is 3.49. The van der Waals surface area contributed by atoms with E-state index >= 15 is 0 Å². The Morgan fingerprint density at radius 2 is 1.76 bits per heavy atom. The van der Waals surface area contributed by atoms with Crippen molar-refractivity contribution >= 4 is 11.6 Å². The molecule has 0 radical (unpaired) electrons. The molecular formula is C23H29N4O2+. The molecule has 3 aromatic rings. The van der Waals surface area contributed by atoms with Gasteiger partial charge in [-0.1, -0.05) is 54.0 Å². The molecule has 1 atom stereocenters. The van der Waals surface area contributed by atoms with E-state index < -0.39 is 0 Å². The first-order valence-corrected chi connectivity index (χ1v) is 9.96. The van der Waals surface area contributed by atoms with E-state index in [2.05, 4.69) is 53.6 Å². The number of amides is 1. The van der Waals surface area contributed by atoms with Crippen molar-refractivity contribution in [1.82, 2.24) is 10.1 Å². The molecule has 29 heavy (non-hydrogen) atoms. The van der Waals surface area contributed by atoms with Crippen LogP contribution in [0.1, 0.15) is 35.1 Å². The highest BCUT2D eigenvalue weighted by Crippen LogP contribution is 2.21. The second kappa shape index (κ2) is 9.01. The number of anilines is 1. The van der Waals surface area contributed by atoms with Crippen molar-refractivity contribution < 1.29 is 14.2 Å². The summed E-state index contributed by atoms with van der Waals surface area (Å²) in [6, 6.07) is 12.3. The molecule has 0 saturated heterocycles. The molecule has 6 heteroatoms. The van der Waals surface area contributed by atoms with Gasteiger partial charge in [-0.15, -0.1) is 0 Å². The molecule has 152 valence electrons. The second-order valence-electron chi connectivity index (χ2n) is 7.69. The number of carbonyl (C=O) groups is 1. The number of hydrogen-bond acceptors (Lipinski definition) is 4. The van der Waals surface area contributed by atoms with E-state index in [9.17, 15) is 4.79 Å². The lowest BCUT2D eigenvalue weighted by molar-refractivity contribution is -0.886. The molecule has 2 aromatic carbocycles. The van der Waals surface area contributed by atoms with Gasteiger partial charge in [0.1, 0.15) is 0 Å². The minimum absolute atomic E-state index is 0.0348. The Morgan fingerprint density at radius 3 is 2.38 bits per heavy atom. The van der Waals surface area contributed by atoms with E-state index in [0.29, 0.717) is 24.8 Å². The monoisotopic (exact) mass is 393 g/mol. The summed E-state index contributed by atoms with van der Waals surface area (Å²) >= 11 is 0. The highest BCUT2D eigenvalue weighted by Gasteiger charge is 2.17. The molecular weight excluding hydrogens is 364 g/mol. The van der Waals surface area contributed by atoms with Gasteiger partial charge in [0.15, 0.2) is 13.1 Å². The highest BCUT2D eigenvalue weighted by molar-refractivity contribution is 5.93. The molecule has 1 aromatic heterocycles. The number of aromatic nitrogens is 2. The number of benzene rings is 2. The Kier molecular flexibility index (Phi) is 6.44. The lowest BCUT2D eigenvalue weighted by Gasteiger charge is -2.15. The molecule has 0 saturated carbocycles. The lowest BCUT2D eigenvalue weighted by atomic mass is 10.1. The molecule has 0 aliphatic heterocycles. The van der Waals surface area contributed by atoms with Gasteiger partial charge >= 0.3 is 0 Å². The first kappa shape index (κ1) is 20.7. The normalized spacial score (nSPS) is 12.0. The second-order valence-corrected chi connectivity index (χ2v) is 7.69. The van der Waals surface area contributed by atoms with Gasteiger partial charge in [-0.2, -0.15) is 4.98 Å². The lowest BCUT2D eigenvalue weighted by Crippen LogP contribution is -3.08. The van der Waals surface area contributed by atoms with E-state index in [1.807, 2.05) is 33.0 Å². The van der Waals surface area contributed by atoms with Gasteiger partial charge in [-0.25, -0.2) is 0 Å². The third-order valence-electron chi connectivity index (χ3n) is 4.95. The fourth-order valence-electron chi connectivity index (χ4n) is 3.49. The van der Waals surface area contributed by atoms with Gasteiger partial charge in [0.2, 0.25) is 5.82 Å². The topological polar surface area (TPSA) is 72.5 Å². The van der Waals surface area contributed by atoms with Crippen molar-refractivity contribution in [3.05, 3.63) is 64.5 Å². The summed E-state index contributed by atoms with van der Waals surface area (Å²) in [4.78, 5) is 17.9. The van der Waals surface area contributed by atoms with Gasteiger partial charge in [-0.05, 0) is 43.9 Å². The third-order valence-corrected chi connectivity index (χ3v) is 4.95. The van der Waals surface area contributed by atoms with Crippen LogP contribution >= 0.6 is 0 Å². The summed E-state index contributed by atoms with van der Waals surface area (Å²) < 4.78 is 5.38. The van der Waals surface area contributed by atoms with Gasteiger partial charge in [0.05, 0.1) is 7.05 Å². The van der Waals surface area contributed by atoms with Crippen LogP contribution in [-0.4, -0.2) is 29.6 Å². The van der Waals surface area contributed by atoms with Crippen molar-refractivity contribution in [3.8, 4) is 11.4 Å². The number of carbonyl (C=O) groups excluding carboxylic acids is 1. The number of nitrogens with one attached hydrogen (secondary N) is 2. The Bertz CT molecular complexity index is 969. The zero-order valence-electron chi connectivity index (χ0n) is 17.8. The molecule has 2 N–H and O–H groups in total. The van der Waals surface area contributed by atoms with Crippen LogP contribution in [0.4, 0.5) is 5.69 Å². The highest BCUT2D eigenvalue weighted by atomic mass is 16.5. The third kappa shape index (κ3) is 5.29. The summed E-state index contributed by atoms with van der Waals surface area (Å²) in [5.74, 6) is 1.06. The molecule has 0 aliphatic rings. The van der Waals surface area contributed by atoms with Crippen LogP contribution in [0.5, 0.6) is 0 Å². The van der Waals surface area contributed by atoms with E-state index in [-0.39, 0.29) is 5.91 Å². The van der Waals surface area contributed by atoms with Crippen LogP contribution < -0.4 is 10.2 Å². The van der Waals surface area contributed by atoms with Crippen molar-refractivity contribution in [1.29, 1.82) is 0 Å². The largest absolute Gasteiger partial charge is 0.333 e. The average molecular weight is 394 g/mol. The molecule has 1 unspecified atom stereocenters. The predicted molar refractivity (Wildman–Crippen MR) is 114 cm³/mol. The van der Waals surface area contributed by atoms with E-state index in [0.717, 1.165) is 33.7 Å². The smallest absolute Gasteiger partial charge is 0.282 e. The number of rotatable bonds is 7. The van der Waals surface area contributed by atoms with Crippen LogP contribution in [-0.2, 0) is 17.8 Å². The maximum absolute atomic E-state index is 12.5. The molecule has 0 aliphatic carbocycles. The molecule has 3 rings (SSSR count). The van der Waals surface area contributed by atoms with Gasteiger partial charge in [0.25, 0.3) is 11.8 Å². The molecule has 0 fully saturated rings. The first-order chi connectivity index (χ1) is 13.9. The Labute approximate surface area is 171 Å². The maximum atomic E-state index is 12.5. The van der Waals surface area contributed by atoms with Crippen molar-refractivity contribution in [3.63, 3.8) is 0 Å². The van der Waals surface area contributed by atoms with Crippen LogP contribution in [0.25, 0.3) is 11.4 Å². The quantitative estimate of drug-likeness (QED) is 0.647. The van der Waals surface area contributed by atoms with Gasteiger partial charge in [0, 0.05) is 11.3 Å². The predicted octanol–water partition coefficient (Wildman–Crippen LogP) is 2.88. The maximum Gasteiger partial charge on any atom is 0.282 e. The zero-order chi connectivity index (χ0) is 21.0. The number of hydrogen-bond donors (Lipinski definition) is 2. The number of nitrogens with zero attached hydrogens (tertiary/aromatic N) is 2. The first-order valence-electron chi connectivity index (χ1n) is 9.96. The SMILES string of the molecule is CCc1ccc(-c2noc(C[NH+](C)CC(=O)Nc3c(C)cc(C)cc3C)n2)cc1. The summed E-state index contributed by atoms with van der Waals surface area (Å²) in [7, 11) is 1.94. The van der Waals surface area contributed by atoms with Crippen LogP contribution in [0.2, 0.25) is 0 Å². The molecule has 1 amide bonds. The molecule has 1 heterocycles. The zero-order valence-corrected chi connectivity index (χ0v) is 17.8. The number of aryl methyl sites for hydroxylation is 4. The van der Waals surface area contributed by atoms with Crippen LogP contribution in [0.15, 0.2) is 40.9 Å². The van der Waals surface area contributed by atoms with Crippen molar-refractivity contribution in [2.45, 2.75) is 40.7 Å². The van der Waals surface area contributed by atoms with Gasteiger partial charge in [-0.3, -0.25) is 4.79 Å². The molecule has 0 bridgehead atoms. The van der Waals surface area contributed by atoms with E-state index in [1.54, 1.807) is 0 Å². The van der Waals surface area contributed by atoms with Gasteiger partial charge < -0.3 is 14.7 Å². The molecule has 6 nitrogen and oxygen atoms in total.